The van der Waals surface area contributed by atoms with E-state index in [-0.39, 0.29) is 17.7 Å². The van der Waals surface area contributed by atoms with Gasteiger partial charge < -0.3 is 16.0 Å². The Balaban J connectivity index is 1.93. The van der Waals surface area contributed by atoms with E-state index in [1.165, 1.54) is 11.3 Å². The van der Waals surface area contributed by atoms with E-state index in [0.717, 1.165) is 12.8 Å². The number of nitrogens with two attached hydrogens (primary N) is 1. The minimum atomic E-state index is -0.136. The molecule has 19 heavy (non-hydrogen) atoms. The second kappa shape index (κ2) is 6.63. The van der Waals surface area contributed by atoms with Gasteiger partial charge in [-0.3, -0.25) is 9.59 Å². The number of thiazole rings is 1. The number of hydrogen-bond acceptors (Lipinski definition) is 5. The molecule has 3 N–H and O–H groups in total. The summed E-state index contributed by atoms with van der Waals surface area (Å²) in [6.45, 7) is 2.07. The van der Waals surface area contributed by atoms with Gasteiger partial charge in [0.1, 0.15) is 5.69 Å². The molecule has 1 aliphatic heterocycles. The summed E-state index contributed by atoms with van der Waals surface area (Å²) in [5.41, 5.74) is 7.47. The molecule has 0 bridgehead atoms. The van der Waals surface area contributed by atoms with Crippen molar-refractivity contribution in [2.75, 3.05) is 26.2 Å². The van der Waals surface area contributed by atoms with Crippen LogP contribution in [0.3, 0.4) is 0 Å². The van der Waals surface area contributed by atoms with E-state index in [1.807, 2.05) is 0 Å². The van der Waals surface area contributed by atoms with Crippen molar-refractivity contribution in [3.8, 4) is 0 Å². The predicted molar refractivity (Wildman–Crippen MR) is 72.8 cm³/mol. The molecule has 1 aliphatic rings. The molecular weight excluding hydrogens is 264 g/mol. The van der Waals surface area contributed by atoms with E-state index in [0.29, 0.717) is 31.9 Å². The van der Waals surface area contributed by atoms with Gasteiger partial charge >= 0.3 is 0 Å². The second-order valence-corrected chi connectivity index (χ2v) is 5.26. The van der Waals surface area contributed by atoms with Gasteiger partial charge in [0.25, 0.3) is 5.91 Å². The van der Waals surface area contributed by atoms with E-state index >= 15 is 0 Å². The van der Waals surface area contributed by atoms with Crippen molar-refractivity contribution in [1.29, 1.82) is 0 Å². The zero-order valence-electron chi connectivity index (χ0n) is 10.7. The van der Waals surface area contributed by atoms with Crippen molar-refractivity contribution in [3.05, 3.63) is 16.6 Å². The molecule has 0 saturated carbocycles. The molecule has 0 radical (unpaired) electrons. The summed E-state index contributed by atoms with van der Waals surface area (Å²) in [6, 6.07) is 0. The number of hydrogen-bond donors (Lipinski definition) is 2. The number of nitrogens with zero attached hydrogens (tertiary/aromatic N) is 2. The zero-order chi connectivity index (χ0) is 13.7. The molecule has 104 valence electrons. The first-order valence-corrected chi connectivity index (χ1v) is 7.32. The van der Waals surface area contributed by atoms with E-state index in [9.17, 15) is 9.59 Å². The lowest BCUT2D eigenvalue weighted by atomic mass is 9.97. The van der Waals surface area contributed by atoms with Crippen molar-refractivity contribution in [2.24, 2.45) is 11.7 Å². The summed E-state index contributed by atoms with van der Waals surface area (Å²) in [5.74, 6) is -0.235. The number of rotatable bonds is 4. The van der Waals surface area contributed by atoms with Crippen LogP contribution >= 0.6 is 11.3 Å². The maximum Gasteiger partial charge on any atom is 0.273 e. The number of carbonyl (C=O) groups is 2. The number of nitrogens with one attached hydrogen (secondary N) is 1. The quantitative estimate of drug-likeness (QED) is 0.818. The summed E-state index contributed by atoms with van der Waals surface area (Å²) >= 11 is 1.40. The predicted octanol–water partition coefficient (Wildman–Crippen LogP) is 0.0702. The van der Waals surface area contributed by atoms with E-state index in [2.05, 4.69) is 10.3 Å². The minimum Gasteiger partial charge on any atom is -0.355 e. The average molecular weight is 282 g/mol. The smallest absolute Gasteiger partial charge is 0.273 e. The fourth-order valence-corrected chi connectivity index (χ4v) is 2.72. The standard InChI is InChI=1S/C12H18N4O2S/c13-3-4-14-11(17)9-2-1-5-16(6-9)12(18)10-7-19-8-15-10/h7-9H,1-6,13H2,(H,14,17). The molecule has 1 atom stereocenters. The highest BCUT2D eigenvalue weighted by Gasteiger charge is 2.29. The van der Waals surface area contributed by atoms with Crippen LogP contribution in [0, 0.1) is 5.92 Å². The Bertz CT molecular complexity index is 435. The molecule has 1 aromatic rings. The monoisotopic (exact) mass is 282 g/mol. The normalized spacial score (nSPS) is 19.2. The molecule has 1 aromatic heterocycles. The number of amides is 2. The van der Waals surface area contributed by atoms with Gasteiger partial charge in [-0.2, -0.15) is 0 Å². The number of carbonyl (C=O) groups excluding carboxylic acids is 2. The second-order valence-electron chi connectivity index (χ2n) is 4.54. The fraction of sp³-hybridized carbons (Fsp3) is 0.583. The van der Waals surface area contributed by atoms with E-state index in [1.54, 1.807) is 15.8 Å². The van der Waals surface area contributed by atoms with E-state index < -0.39 is 0 Å². The third-order valence-electron chi connectivity index (χ3n) is 3.17. The minimum absolute atomic E-state index is 0.0128. The Kier molecular flexibility index (Phi) is 4.86. The SMILES string of the molecule is NCCNC(=O)C1CCCN(C(=O)c2cscn2)C1. The van der Waals surface area contributed by atoms with Gasteiger partial charge in [-0.05, 0) is 12.8 Å². The molecule has 1 saturated heterocycles. The van der Waals surface area contributed by atoms with Crippen molar-refractivity contribution < 1.29 is 9.59 Å². The summed E-state index contributed by atoms with van der Waals surface area (Å²) in [4.78, 5) is 29.8. The van der Waals surface area contributed by atoms with Crippen LogP contribution in [-0.2, 0) is 4.79 Å². The Morgan fingerprint density at radius 3 is 3.11 bits per heavy atom. The van der Waals surface area contributed by atoms with Gasteiger partial charge in [0, 0.05) is 31.6 Å². The molecule has 1 fully saturated rings. The van der Waals surface area contributed by atoms with Crippen LogP contribution in [0.2, 0.25) is 0 Å². The van der Waals surface area contributed by atoms with Gasteiger partial charge in [-0.25, -0.2) is 4.98 Å². The Morgan fingerprint density at radius 2 is 2.42 bits per heavy atom. The number of aromatic nitrogens is 1. The van der Waals surface area contributed by atoms with Crippen LogP contribution < -0.4 is 11.1 Å². The maximum atomic E-state index is 12.2. The topological polar surface area (TPSA) is 88.3 Å². The fourth-order valence-electron chi connectivity index (χ4n) is 2.20. The molecule has 0 spiro atoms. The maximum absolute atomic E-state index is 12.2. The van der Waals surface area contributed by atoms with Crippen LogP contribution in [0.15, 0.2) is 10.9 Å². The highest BCUT2D eigenvalue weighted by atomic mass is 32.1. The van der Waals surface area contributed by atoms with Crippen LogP contribution in [0.5, 0.6) is 0 Å². The highest BCUT2D eigenvalue weighted by molar-refractivity contribution is 7.07. The molecule has 2 rings (SSSR count). The first kappa shape index (κ1) is 14.0. The Hall–Kier alpha value is -1.47. The summed E-state index contributed by atoms with van der Waals surface area (Å²) in [6.07, 6.45) is 1.66. The van der Waals surface area contributed by atoms with Gasteiger partial charge in [0.15, 0.2) is 0 Å². The van der Waals surface area contributed by atoms with Crippen molar-refractivity contribution in [1.82, 2.24) is 15.2 Å². The summed E-state index contributed by atoms with van der Waals surface area (Å²) in [5, 5.41) is 4.52. The number of piperidine rings is 1. The Morgan fingerprint density at radius 1 is 1.58 bits per heavy atom. The van der Waals surface area contributed by atoms with Crippen LogP contribution in [-0.4, -0.2) is 47.9 Å². The molecule has 7 heteroatoms. The lowest BCUT2D eigenvalue weighted by Gasteiger charge is -2.31. The molecule has 1 unspecified atom stereocenters. The zero-order valence-corrected chi connectivity index (χ0v) is 11.5. The largest absolute Gasteiger partial charge is 0.355 e. The molecule has 2 amide bonds. The third kappa shape index (κ3) is 3.51. The first-order chi connectivity index (χ1) is 9.22. The van der Waals surface area contributed by atoms with E-state index in [4.69, 9.17) is 5.73 Å². The average Bonchev–Trinajstić information content (AvgIpc) is 2.98. The number of likely N-dealkylation sites (tertiary alicyclic amines) is 1. The summed E-state index contributed by atoms with van der Waals surface area (Å²) in [7, 11) is 0. The molecule has 2 heterocycles. The molecule has 6 nitrogen and oxygen atoms in total. The van der Waals surface area contributed by atoms with Gasteiger partial charge in [-0.1, -0.05) is 0 Å². The van der Waals surface area contributed by atoms with Gasteiger partial charge in [-0.15, -0.1) is 11.3 Å². The first-order valence-electron chi connectivity index (χ1n) is 6.37. The highest BCUT2D eigenvalue weighted by Crippen LogP contribution is 2.18. The molecular formula is C12H18N4O2S. The van der Waals surface area contributed by atoms with Crippen molar-refractivity contribution in [2.45, 2.75) is 12.8 Å². The van der Waals surface area contributed by atoms with Crippen molar-refractivity contribution in [3.63, 3.8) is 0 Å². The lowest BCUT2D eigenvalue weighted by Crippen LogP contribution is -2.46. The van der Waals surface area contributed by atoms with Gasteiger partial charge in [0.2, 0.25) is 5.91 Å². The molecule has 0 aliphatic carbocycles. The lowest BCUT2D eigenvalue weighted by molar-refractivity contribution is -0.126. The Labute approximate surface area is 116 Å². The van der Waals surface area contributed by atoms with Crippen LogP contribution in [0.1, 0.15) is 23.3 Å². The van der Waals surface area contributed by atoms with Crippen LogP contribution in [0.4, 0.5) is 0 Å². The summed E-state index contributed by atoms with van der Waals surface area (Å²) < 4.78 is 0. The van der Waals surface area contributed by atoms with Crippen LogP contribution in [0.25, 0.3) is 0 Å². The third-order valence-corrected chi connectivity index (χ3v) is 3.76. The van der Waals surface area contributed by atoms with Gasteiger partial charge in [0.05, 0.1) is 11.4 Å². The molecule has 0 aromatic carbocycles. The van der Waals surface area contributed by atoms with Crippen molar-refractivity contribution >= 4 is 23.2 Å².